The maximum atomic E-state index is 13.2. The fourth-order valence-electron chi connectivity index (χ4n) is 4.39. The topological polar surface area (TPSA) is 71.5 Å². The molecule has 0 N–H and O–H groups in total. The Hall–Kier alpha value is -2.47. The number of hydrogen-bond donors (Lipinski definition) is 0. The largest absolute Gasteiger partial charge is 0.294 e. The number of carbonyl (C=O) groups excluding carboxylic acids is 2. The molecule has 2 fully saturated rings. The molecule has 1 saturated carbocycles. The third-order valence-corrected chi connectivity index (χ3v) is 7.73. The fraction of sp³-hybridized carbons (Fsp3) is 0.364. The van der Waals surface area contributed by atoms with E-state index >= 15 is 0 Å². The van der Waals surface area contributed by atoms with Gasteiger partial charge in [-0.3, -0.25) is 9.59 Å². The molecule has 2 bridgehead atoms. The van der Waals surface area contributed by atoms with Crippen molar-refractivity contribution < 1.29 is 18.0 Å². The lowest BCUT2D eigenvalue weighted by Gasteiger charge is -2.43. The number of hydrogen-bond acceptors (Lipinski definition) is 4. The number of nitrogens with zero attached hydrogens (tertiary/aromatic N) is 1. The van der Waals surface area contributed by atoms with Gasteiger partial charge >= 0.3 is 0 Å². The van der Waals surface area contributed by atoms with Crippen molar-refractivity contribution >= 4 is 21.7 Å². The lowest BCUT2D eigenvalue weighted by Crippen LogP contribution is -2.53. The van der Waals surface area contributed by atoms with E-state index in [0.717, 1.165) is 16.3 Å². The number of sulfonamides is 1. The van der Waals surface area contributed by atoms with Crippen molar-refractivity contribution in [3.63, 3.8) is 0 Å². The predicted molar refractivity (Wildman–Crippen MR) is 105 cm³/mol. The summed E-state index contributed by atoms with van der Waals surface area (Å²) in [4.78, 5) is 26.3. The first-order chi connectivity index (χ1) is 13.4. The summed E-state index contributed by atoms with van der Waals surface area (Å²) in [5.74, 6) is -1.41. The molecule has 1 heterocycles. The van der Waals surface area contributed by atoms with Crippen molar-refractivity contribution in [3.8, 4) is 0 Å². The number of fused-ring (bicyclic) bond motifs is 2. The van der Waals surface area contributed by atoms with Gasteiger partial charge in [-0.2, -0.15) is 0 Å². The first-order valence-corrected chi connectivity index (χ1v) is 11.0. The van der Waals surface area contributed by atoms with Crippen LogP contribution in [0.25, 0.3) is 0 Å². The van der Waals surface area contributed by atoms with Crippen LogP contribution in [0.1, 0.15) is 35.2 Å². The Balaban J connectivity index is 1.64. The minimum atomic E-state index is -3.91. The normalized spacial score (nSPS) is 24.8. The van der Waals surface area contributed by atoms with Crippen LogP contribution in [0.5, 0.6) is 0 Å². The lowest BCUT2D eigenvalue weighted by atomic mass is 9.69. The number of piperidine rings is 1. The van der Waals surface area contributed by atoms with E-state index in [0.29, 0.717) is 18.4 Å². The zero-order valence-corrected chi connectivity index (χ0v) is 16.6. The smallest absolute Gasteiger partial charge is 0.266 e. The lowest BCUT2D eigenvalue weighted by molar-refractivity contribution is -0.138. The number of aryl methyl sites for hydroxylation is 1. The first-order valence-electron chi connectivity index (χ1n) is 9.60. The van der Waals surface area contributed by atoms with Gasteiger partial charge in [0.1, 0.15) is 0 Å². The Bertz CT molecular complexity index is 999. The summed E-state index contributed by atoms with van der Waals surface area (Å²) < 4.78 is 27.2. The summed E-state index contributed by atoms with van der Waals surface area (Å²) in [6, 6.07) is 15.5. The maximum absolute atomic E-state index is 13.2. The Morgan fingerprint density at radius 2 is 1.68 bits per heavy atom. The van der Waals surface area contributed by atoms with Crippen molar-refractivity contribution in [2.24, 2.45) is 17.8 Å². The van der Waals surface area contributed by atoms with Crippen LogP contribution in [0, 0.1) is 24.7 Å². The Labute approximate surface area is 165 Å². The summed E-state index contributed by atoms with van der Waals surface area (Å²) in [7, 11) is -3.91. The molecule has 3 atom stereocenters. The standard InChI is InChI=1S/C22H23NO4S/c1-15-7-10-18(11-8-15)28(26,27)23-14-16-9-12-19(20(13-16)22(23)25)21(24)17-5-3-2-4-6-17/h2-8,10-11,16,19-20H,9,12-14H2,1H3/t16-,19+,20-/m0/s1. The zero-order valence-electron chi connectivity index (χ0n) is 15.7. The SMILES string of the molecule is Cc1ccc(S(=O)(=O)N2C[C@H]3CC[C@@H](C(=O)c4ccccc4)[C@H](C3)C2=O)cc1. The molecular weight excluding hydrogens is 374 g/mol. The van der Waals surface area contributed by atoms with Crippen molar-refractivity contribution in [3.05, 3.63) is 65.7 Å². The molecule has 1 saturated heterocycles. The van der Waals surface area contributed by atoms with Crippen LogP contribution in [0.4, 0.5) is 0 Å². The molecule has 0 spiro atoms. The Morgan fingerprint density at radius 1 is 1.00 bits per heavy atom. The monoisotopic (exact) mass is 397 g/mol. The van der Waals surface area contributed by atoms with Crippen molar-refractivity contribution in [2.45, 2.75) is 31.1 Å². The van der Waals surface area contributed by atoms with Gasteiger partial charge < -0.3 is 0 Å². The van der Waals surface area contributed by atoms with Crippen LogP contribution in [0.2, 0.25) is 0 Å². The highest BCUT2D eigenvalue weighted by Crippen LogP contribution is 2.42. The van der Waals surface area contributed by atoms with Gasteiger partial charge in [-0.05, 0) is 44.2 Å². The fourth-order valence-corrected chi connectivity index (χ4v) is 5.90. The molecule has 0 aromatic heterocycles. The number of amides is 1. The summed E-state index contributed by atoms with van der Waals surface area (Å²) >= 11 is 0. The average molecular weight is 397 g/mol. The molecule has 5 nitrogen and oxygen atoms in total. The van der Waals surface area contributed by atoms with Crippen LogP contribution in [-0.2, 0) is 14.8 Å². The molecule has 1 aliphatic heterocycles. The third kappa shape index (κ3) is 3.26. The van der Waals surface area contributed by atoms with E-state index in [-0.39, 0.29) is 23.1 Å². The summed E-state index contributed by atoms with van der Waals surface area (Å²) in [5, 5.41) is 0. The van der Waals surface area contributed by atoms with Crippen LogP contribution in [-0.4, -0.2) is 31.0 Å². The molecule has 146 valence electrons. The Morgan fingerprint density at radius 3 is 2.36 bits per heavy atom. The average Bonchev–Trinajstić information content (AvgIpc) is 2.71. The van der Waals surface area contributed by atoms with Gasteiger partial charge in [0.05, 0.1) is 4.90 Å². The van der Waals surface area contributed by atoms with Gasteiger partial charge in [-0.15, -0.1) is 0 Å². The molecule has 2 aromatic carbocycles. The minimum Gasteiger partial charge on any atom is -0.294 e. The second-order valence-electron chi connectivity index (χ2n) is 7.81. The van der Waals surface area contributed by atoms with E-state index in [4.69, 9.17) is 0 Å². The second-order valence-corrected chi connectivity index (χ2v) is 9.67. The van der Waals surface area contributed by atoms with Gasteiger partial charge in [-0.1, -0.05) is 48.0 Å². The highest BCUT2D eigenvalue weighted by molar-refractivity contribution is 7.89. The first kappa shape index (κ1) is 18.9. The van der Waals surface area contributed by atoms with Gasteiger partial charge in [0.2, 0.25) is 5.91 Å². The molecule has 1 aliphatic carbocycles. The number of rotatable bonds is 4. The van der Waals surface area contributed by atoms with E-state index in [1.54, 1.807) is 36.4 Å². The van der Waals surface area contributed by atoms with Crippen molar-refractivity contribution in [2.75, 3.05) is 6.54 Å². The summed E-state index contributed by atoms with van der Waals surface area (Å²) in [5.41, 5.74) is 1.53. The van der Waals surface area contributed by atoms with Gasteiger partial charge in [-0.25, -0.2) is 12.7 Å². The van der Waals surface area contributed by atoms with Gasteiger partial charge in [0.15, 0.2) is 5.78 Å². The zero-order chi connectivity index (χ0) is 19.9. The molecular formula is C22H23NO4S. The van der Waals surface area contributed by atoms with Crippen molar-refractivity contribution in [1.82, 2.24) is 4.31 Å². The van der Waals surface area contributed by atoms with Crippen LogP contribution >= 0.6 is 0 Å². The second kappa shape index (κ2) is 7.17. The number of ketones is 1. The van der Waals surface area contributed by atoms with E-state index < -0.39 is 27.8 Å². The van der Waals surface area contributed by atoms with E-state index in [2.05, 4.69) is 0 Å². The number of benzene rings is 2. The van der Waals surface area contributed by atoms with Crippen LogP contribution in [0.3, 0.4) is 0 Å². The molecule has 1 amide bonds. The Kier molecular flexibility index (Phi) is 4.83. The van der Waals surface area contributed by atoms with E-state index in [1.807, 2.05) is 13.0 Å². The molecule has 0 radical (unpaired) electrons. The predicted octanol–water partition coefficient (Wildman–Crippen LogP) is 3.44. The third-order valence-electron chi connectivity index (χ3n) is 5.95. The number of Topliss-reactive ketones (excluding diaryl/α,β-unsaturated/α-hetero) is 1. The highest BCUT2D eigenvalue weighted by atomic mass is 32.2. The molecule has 0 unspecified atom stereocenters. The quantitative estimate of drug-likeness (QED) is 0.741. The maximum Gasteiger partial charge on any atom is 0.266 e. The molecule has 2 aliphatic rings. The minimum absolute atomic E-state index is 0.0630. The highest BCUT2D eigenvalue weighted by Gasteiger charge is 2.48. The van der Waals surface area contributed by atoms with Crippen LogP contribution < -0.4 is 0 Å². The summed E-state index contributed by atoms with van der Waals surface area (Å²) in [6.07, 6.45) is 1.97. The molecule has 28 heavy (non-hydrogen) atoms. The number of carbonyl (C=O) groups is 2. The molecule has 2 aromatic rings. The van der Waals surface area contributed by atoms with E-state index in [1.165, 1.54) is 12.1 Å². The van der Waals surface area contributed by atoms with Crippen molar-refractivity contribution in [1.29, 1.82) is 0 Å². The van der Waals surface area contributed by atoms with Crippen LogP contribution in [0.15, 0.2) is 59.5 Å². The summed E-state index contributed by atoms with van der Waals surface area (Å²) in [6.45, 7) is 2.09. The van der Waals surface area contributed by atoms with Gasteiger partial charge in [0.25, 0.3) is 10.0 Å². The van der Waals surface area contributed by atoms with E-state index in [9.17, 15) is 18.0 Å². The molecule has 6 heteroatoms. The molecule has 4 rings (SSSR count). The van der Waals surface area contributed by atoms with Gasteiger partial charge in [0, 0.05) is 23.9 Å².